The predicted molar refractivity (Wildman–Crippen MR) is 77.0 cm³/mol. The van der Waals surface area contributed by atoms with Gasteiger partial charge in [-0.3, -0.25) is 0 Å². The predicted octanol–water partition coefficient (Wildman–Crippen LogP) is 3.72. The Balaban J connectivity index is 1.95. The largest absolute Gasteiger partial charge is 0.444 e. The second kappa shape index (κ2) is 5.63. The van der Waals surface area contributed by atoms with Gasteiger partial charge in [0, 0.05) is 13.1 Å². The van der Waals surface area contributed by atoms with Gasteiger partial charge >= 0.3 is 6.09 Å². The fourth-order valence-electron chi connectivity index (χ4n) is 3.57. The molecule has 1 saturated carbocycles. The second-order valence-corrected chi connectivity index (χ2v) is 7.26. The number of hydrogen-bond acceptors (Lipinski definition) is 3. The molecule has 1 heterocycles. The van der Waals surface area contributed by atoms with Crippen LogP contribution >= 0.6 is 0 Å². The molecule has 20 heavy (non-hydrogen) atoms. The SMILES string of the molecule is CC(C)(C)OC(=O)N1CCC2(CCCCC2C#N)CC1. The molecule has 1 atom stereocenters. The Kier molecular flexibility index (Phi) is 4.27. The molecule has 1 unspecified atom stereocenters. The minimum atomic E-state index is -0.438. The summed E-state index contributed by atoms with van der Waals surface area (Å²) < 4.78 is 5.43. The van der Waals surface area contributed by atoms with Crippen molar-refractivity contribution in [1.29, 1.82) is 5.26 Å². The molecule has 0 radical (unpaired) electrons. The van der Waals surface area contributed by atoms with Crippen LogP contribution in [0.25, 0.3) is 0 Å². The maximum atomic E-state index is 12.1. The molecule has 0 aromatic rings. The van der Waals surface area contributed by atoms with Crippen LogP contribution in [-0.4, -0.2) is 29.7 Å². The number of amides is 1. The van der Waals surface area contributed by atoms with Crippen LogP contribution in [0.4, 0.5) is 4.79 Å². The van der Waals surface area contributed by atoms with Crippen molar-refractivity contribution in [3.05, 3.63) is 0 Å². The maximum Gasteiger partial charge on any atom is 0.410 e. The normalized spacial score (nSPS) is 26.1. The summed E-state index contributed by atoms with van der Waals surface area (Å²) in [6, 6.07) is 2.51. The molecule has 4 nitrogen and oxygen atoms in total. The van der Waals surface area contributed by atoms with Crippen LogP contribution in [0.2, 0.25) is 0 Å². The van der Waals surface area contributed by atoms with E-state index in [0.29, 0.717) is 0 Å². The lowest BCUT2D eigenvalue weighted by Crippen LogP contribution is -2.48. The van der Waals surface area contributed by atoms with Crippen LogP contribution in [0.5, 0.6) is 0 Å². The summed E-state index contributed by atoms with van der Waals surface area (Å²) in [7, 11) is 0. The van der Waals surface area contributed by atoms with Gasteiger partial charge < -0.3 is 9.64 Å². The minimum Gasteiger partial charge on any atom is -0.444 e. The lowest BCUT2D eigenvalue weighted by molar-refractivity contribution is -0.00353. The fraction of sp³-hybridized carbons (Fsp3) is 0.875. The summed E-state index contributed by atoms with van der Waals surface area (Å²) in [5, 5.41) is 9.38. The molecule has 1 spiro atoms. The Morgan fingerprint density at radius 2 is 1.90 bits per heavy atom. The van der Waals surface area contributed by atoms with Crippen LogP contribution in [-0.2, 0) is 4.74 Å². The third-order valence-corrected chi connectivity index (χ3v) is 4.72. The maximum absolute atomic E-state index is 12.1. The average molecular weight is 278 g/mol. The number of piperidine rings is 1. The number of hydrogen-bond donors (Lipinski definition) is 0. The lowest BCUT2D eigenvalue weighted by Gasteiger charge is -2.46. The van der Waals surface area contributed by atoms with E-state index in [1.165, 1.54) is 12.8 Å². The quantitative estimate of drug-likeness (QED) is 0.678. The molecule has 0 N–H and O–H groups in total. The highest BCUT2D eigenvalue weighted by Crippen LogP contribution is 2.48. The minimum absolute atomic E-state index is 0.158. The summed E-state index contributed by atoms with van der Waals surface area (Å²) in [6.07, 6.45) is 6.27. The third kappa shape index (κ3) is 3.26. The molecular formula is C16H26N2O2. The molecule has 112 valence electrons. The summed E-state index contributed by atoms with van der Waals surface area (Å²) in [6.45, 7) is 7.13. The highest BCUT2D eigenvalue weighted by Gasteiger charge is 2.44. The molecule has 1 aliphatic heterocycles. The first-order valence-corrected chi connectivity index (χ1v) is 7.74. The van der Waals surface area contributed by atoms with E-state index in [2.05, 4.69) is 6.07 Å². The Hall–Kier alpha value is -1.24. The molecule has 0 bridgehead atoms. The topological polar surface area (TPSA) is 53.3 Å². The van der Waals surface area contributed by atoms with Gasteiger partial charge in [0.1, 0.15) is 5.60 Å². The zero-order valence-electron chi connectivity index (χ0n) is 12.9. The fourth-order valence-corrected chi connectivity index (χ4v) is 3.57. The number of carbonyl (C=O) groups is 1. The van der Waals surface area contributed by atoms with E-state index in [1.54, 1.807) is 4.90 Å². The smallest absolute Gasteiger partial charge is 0.410 e. The van der Waals surface area contributed by atoms with Crippen LogP contribution in [0.3, 0.4) is 0 Å². The molecule has 2 fully saturated rings. The van der Waals surface area contributed by atoms with Crippen LogP contribution in [0.15, 0.2) is 0 Å². The van der Waals surface area contributed by atoms with Crippen LogP contribution in [0, 0.1) is 22.7 Å². The number of ether oxygens (including phenoxy) is 1. The van der Waals surface area contributed by atoms with Gasteiger partial charge in [-0.2, -0.15) is 5.26 Å². The van der Waals surface area contributed by atoms with Crippen molar-refractivity contribution in [2.75, 3.05) is 13.1 Å². The molecule has 1 amide bonds. The van der Waals surface area contributed by atoms with Crippen molar-refractivity contribution < 1.29 is 9.53 Å². The van der Waals surface area contributed by atoms with Crippen LogP contribution in [0.1, 0.15) is 59.3 Å². The molecule has 0 aromatic carbocycles. The van der Waals surface area contributed by atoms with Crippen molar-refractivity contribution in [2.24, 2.45) is 11.3 Å². The molecule has 0 aromatic heterocycles. The van der Waals surface area contributed by atoms with E-state index < -0.39 is 5.60 Å². The van der Waals surface area contributed by atoms with Gasteiger partial charge in [-0.15, -0.1) is 0 Å². The first kappa shape index (κ1) is 15.2. The highest BCUT2D eigenvalue weighted by molar-refractivity contribution is 5.68. The van der Waals surface area contributed by atoms with E-state index in [-0.39, 0.29) is 17.4 Å². The highest BCUT2D eigenvalue weighted by atomic mass is 16.6. The number of nitriles is 1. The number of nitrogens with zero attached hydrogens (tertiary/aromatic N) is 2. The van der Waals surface area contributed by atoms with Crippen molar-refractivity contribution in [3.8, 4) is 6.07 Å². The van der Waals surface area contributed by atoms with Crippen molar-refractivity contribution in [2.45, 2.75) is 64.9 Å². The zero-order valence-corrected chi connectivity index (χ0v) is 12.9. The average Bonchev–Trinajstić information content (AvgIpc) is 2.38. The van der Waals surface area contributed by atoms with E-state index in [1.807, 2.05) is 20.8 Å². The van der Waals surface area contributed by atoms with Gasteiger partial charge in [0.25, 0.3) is 0 Å². The van der Waals surface area contributed by atoms with E-state index in [0.717, 1.165) is 38.8 Å². The second-order valence-electron chi connectivity index (χ2n) is 7.26. The third-order valence-electron chi connectivity index (χ3n) is 4.72. The summed E-state index contributed by atoms with van der Waals surface area (Å²) in [4.78, 5) is 13.9. The number of rotatable bonds is 0. The zero-order chi connectivity index (χ0) is 14.8. The first-order chi connectivity index (χ1) is 9.36. The van der Waals surface area contributed by atoms with E-state index >= 15 is 0 Å². The van der Waals surface area contributed by atoms with E-state index in [4.69, 9.17) is 4.74 Å². The monoisotopic (exact) mass is 278 g/mol. The standard InChI is InChI=1S/C16H26N2O2/c1-15(2,3)20-14(19)18-10-8-16(9-11-18)7-5-4-6-13(16)12-17/h13H,4-11H2,1-3H3. The van der Waals surface area contributed by atoms with Crippen LogP contribution < -0.4 is 0 Å². The van der Waals surface area contributed by atoms with Crippen molar-refractivity contribution >= 4 is 6.09 Å². The van der Waals surface area contributed by atoms with Gasteiger partial charge in [-0.25, -0.2) is 4.79 Å². The Labute approximate surface area is 122 Å². The van der Waals surface area contributed by atoms with Gasteiger partial charge in [0.05, 0.1) is 12.0 Å². The first-order valence-electron chi connectivity index (χ1n) is 7.74. The number of carbonyl (C=O) groups excluding carboxylic acids is 1. The molecule has 2 aliphatic rings. The van der Waals surface area contributed by atoms with Gasteiger partial charge in [-0.05, 0) is 51.9 Å². The molecule has 1 aliphatic carbocycles. The summed E-state index contributed by atoms with van der Waals surface area (Å²) in [5.41, 5.74) is -0.280. The van der Waals surface area contributed by atoms with Gasteiger partial charge in [0.15, 0.2) is 0 Å². The molecule has 1 saturated heterocycles. The Morgan fingerprint density at radius 3 is 2.45 bits per heavy atom. The molecular weight excluding hydrogens is 252 g/mol. The van der Waals surface area contributed by atoms with Crippen molar-refractivity contribution in [1.82, 2.24) is 4.90 Å². The number of likely N-dealkylation sites (tertiary alicyclic amines) is 1. The van der Waals surface area contributed by atoms with Gasteiger partial charge in [0.2, 0.25) is 0 Å². The summed E-state index contributed by atoms with van der Waals surface area (Å²) >= 11 is 0. The molecule has 4 heteroatoms. The summed E-state index contributed by atoms with van der Waals surface area (Å²) in [5.74, 6) is 0.178. The Bertz CT molecular complexity index is 398. The Morgan fingerprint density at radius 1 is 1.25 bits per heavy atom. The lowest BCUT2D eigenvalue weighted by atomic mass is 9.62. The molecule has 2 rings (SSSR count). The van der Waals surface area contributed by atoms with Crippen molar-refractivity contribution in [3.63, 3.8) is 0 Å². The van der Waals surface area contributed by atoms with Gasteiger partial charge in [-0.1, -0.05) is 12.8 Å². The van der Waals surface area contributed by atoms with E-state index in [9.17, 15) is 10.1 Å².